The van der Waals surface area contributed by atoms with Gasteiger partial charge in [0.25, 0.3) is 0 Å². The van der Waals surface area contributed by atoms with Crippen molar-refractivity contribution in [1.82, 2.24) is 15.5 Å². The van der Waals surface area contributed by atoms with Crippen molar-refractivity contribution in [1.29, 1.82) is 0 Å². The lowest BCUT2D eigenvalue weighted by atomic mass is 10.0. The molecule has 1 N–H and O–H groups in total. The van der Waals surface area contributed by atoms with Crippen LogP contribution in [0.5, 0.6) is 0 Å². The average Bonchev–Trinajstić information content (AvgIpc) is 2.85. The lowest BCUT2D eigenvalue weighted by molar-refractivity contribution is 0.439. The van der Waals surface area contributed by atoms with Crippen molar-refractivity contribution in [2.45, 2.75) is 46.1 Å². The monoisotopic (exact) mass is 273 g/mol. The molecule has 1 aromatic heterocycles. The molecule has 0 aliphatic rings. The van der Waals surface area contributed by atoms with Gasteiger partial charge >= 0.3 is 0 Å². The van der Waals surface area contributed by atoms with Gasteiger partial charge in [-0.2, -0.15) is 0 Å². The molecule has 20 heavy (non-hydrogen) atoms. The fourth-order valence-electron chi connectivity index (χ4n) is 2.09. The standard InChI is InChI=1S/C16H23N3O/c1-12(2)17-11-10-16-19-18-15(20-16)9-8-14-7-5-4-6-13(14)3/h4-7,12,17H,8-11H2,1-3H3. The number of rotatable bonds is 7. The summed E-state index contributed by atoms with van der Waals surface area (Å²) in [7, 11) is 0. The van der Waals surface area contributed by atoms with Crippen LogP contribution in [0.3, 0.4) is 0 Å². The third-order valence-electron chi connectivity index (χ3n) is 3.27. The van der Waals surface area contributed by atoms with Gasteiger partial charge in [0.05, 0.1) is 0 Å². The van der Waals surface area contributed by atoms with Gasteiger partial charge in [0.2, 0.25) is 11.8 Å². The normalized spacial score (nSPS) is 11.2. The molecule has 0 bridgehead atoms. The molecule has 0 unspecified atom stereocenters. The quantitative estimate of drug-likeness (QED) is 0.842. The highest BCUT2D eigenvalue weighted by Crippen LogP contribution is 2.11. The molecule has 4 heteroatoms. The van der Waals surface area contributed by atoms with Crippen LogP contribution < -0.4 is 5.32 Å². The minimum absolute atomic E-state index is 0.485. The summed E-state index contributed by atoms with van der Waals surface area (Å²) in [5, 5.41) is 11.5. The molecule has 0 saturated carbocycles. The highest BCUT2D eigenvalue weighted by atomic mass is 16.4. The van der Waals surface area contributed by atoms with E-state index >= 15 is 0 Å². The van der Waals surface area contributed by atoms with Crippen LogP contribution in [-0.2, 0) is 19.3 Å². The second-order valence-electron chi connectivity index (χ2n) is 5.37. The topological polar surface area (TPSA) is 51.0 Å². The lowest BCUT2D eigenvalue weighted by Crippen LogP contribution is -2.25. The summed E-state index contributed by atoms with van der Waals surface area (Å²) < 4.78 is 5.66. The van der Waals surface area contributed by atoms with Crippen LogP contribution in [0.25, 0.3) is 0 Å². The maximum Gasteiger partial charge on any atom is 0.217 e. The molecule has 2 rings (SSSR count). The van der Waals surface area contributed by atoms with Crippen molar-refractivity contribution >= 4 is 0 Å². The van der Waals surface area contributed by atoms with Crippen LogP contribution in [0.1, 0.15) is 36.8 Å². The van der Waals surface area contributed by atoms with Crippen LogP contribution in [0.2, 0.25) is 0 Å². The Bertz CT molecular complexity index is 534. The number of aryl methyl sites for hydroxylation is 3. The largest absolute Gasteiger partial charge is 0.425 e. The van der Waals surface area contributed by atoms with Gasteiger partial charge in [-0.15, -0.1) is 10.2 Å². The van der Waals surface area contributed by atoms with Gasteiger partial charge < -0.3 is 9.73 Å². The molecule has 0 saturated heterocycles. The zero-order valence-corrected chi connectivity index (χ0v) is 12.5. The zero-order valence-electron chi connectivity index (χ0n) is 12.5. The summed E-state index contributed by atoms with van der Waals surface area (Å²) in [6.45, 7) is 7.26. The molecule has 0 aliphatic heterocycles. The Hall–Kier alpha value is -1.68. The Morgan fingerprint density at radius 2 is 1.75 bits per heavy atom. The molecule has 0 radical (unpaired) electrons. The Balaban J connectivity index is 1.82. The molecule has 2 aromatic rings. The van der Waals surface area contributed by atoms with Crippen LogP contribution in [0.15, 0.2) is 28.7 Å². The summed E-state index contributed by atoms with van der Waals surface area (Å²) in [5.74, 6) is 1.45. The summed E-state index contributed by atoms with van der Waals surface area (Å²) in [6, 6.07) is 8.90. The van der Waals surface area contributed by atoms with Crippen molar-refractivity contribution in [3.63, 3.8) is 0 Å². The molecule has 108 valence electrons. The minimum atomic E-state index is 0.485. The predicted molar refractivity (Wildman–Crippen MR) is 79.7 cm³/mol. The molecule has 0 spiro atoms. The predicted octanol–water partition coefficient (Wildman–Crippen LogP) is 2.70. The van der Waals surface area contributed by atoms with E-state index in [-0.39, 0.29) is 0 Å². The van der Waals surface area contributed by atoms with Gasteiger partial charge in [-0.25, -0.2) is 0 Å². The van der Waals surface area contributed by atoms with Crippen molar-refractivity contribution in [3.8, 4) is 0 Å². The van der Waals surface area contributed by atoms with E-state index in [0.29, 0.717) is 6.04 Å². The van der Waals surface area contributed by atoms with Crippen molar-refractivity contribution in [2.75, 3.05) is 6.54 Å². The van der Waals surface area contributed by atoms with Gasteiger partial charge in [0.1, 0.15) is 0 Å². The highest BCUT2D eigenvalue weighted by molar-refractivity contribution is 5.25. The summed E-state index contributed by atoms with van der Waals surface area (Å²) in [5.41, 5.74) is 2.65. The van der Waals surface area contributed by atoms with Gasteiger partial charge in [-0.05, 0) is 24.5 Å². The van der Waals surface area contributed by atoms with Crippen LogP contribution >= 0.6 is 0 Å². The smallest absolute Gasteiger partial charge is 0.217 e. The van der Waals surface area contributed by atoms with Crippen molar-refractivity contribution in [2.24, 2.45) is 0 Å². The zero-order chi connectivity index (χ0) is 14.4. The highest BCUT2D eigenvalue weighted by Gasteiger charge is 2.07. The average molecular weight is 273 g/mol. The molecular formula is C16H23N3O. The van der Waals surface area contributed by atoms with E-state index in [1.807, 2.05) is 0 Å². The van der Waals surface area contributed by atoms with E-state index in [2.05, 4.69) is 60.6 Å². The van der Waals surface area contributed by atoms with E-state index in [4.69, 9.17) is 4.42 Å². The van der Waals surface area contributed by atoms with E-state index in [0.717, 1.165) is 37.6 Å². The van der Waals surface area contributed by atoms with E-state index in [9.17, 15) is 0 Å². The van der Waals surface area contributed by atoms with Crippen molar-refractivity contribution < 1.29 is 4.42 Å². The SMILES string of the molecule is Cc1ccccc1CCc1nnc(CCNC(C)C)o1. The third kappa shape index (κ3) is 4.46. The summed E-state index contributed by atoms with van der Waals surface area (Å²) >= 11 is 0. The molecule has 0 atom stereocenters. The van der Waals surface area contributed by atoms with Crippen LogP contribution in [-0.4, -0.2) is 22.8 Å². The molecular weight excluding hydrogens is 250 g/mol. The molecule has 4 nitrogen and oxygen atoms in total. The maximum absolute atomic E-state index is 5.66. The minimum Gasteiger partial charge on any atom is -0.425 e. The Morgan fingerprint density at radius 1 is 1.05 bits per heavy atom. The van der Waals surface area contributed by atoms with Gasteiger partial charge in [0.15, 0.2) is 0 Å². The van der Waals surface area contributed by atoms with Gasteiger partial charge in [-0.1, -0.05) is 38.1 Å². The molecule has 1 heterocycles. The molecule has 0 aliphatic carbocycles. The number of nitrogens with zero attached hydrogens (tertiary/aromatic N) is 2. The second kappa shape index (κ2) is 7.20. The lowest BCUT2D eigenvalue weighted by Gasteiger charge is -2.05. The first-order valence-corrected chi connectivity index (χ1v) is 7.24. The fourth-order valence-corrected chi connectivity index (χ4v) is 2.09. The first kappa shape index (κ1) is 14.7. The first-order valence-electron chi connectivity index (χ1n) is 7.24. The summed E-state index contributed by atoms with van der Waals surface area (Å²) in [6.07, 6.45) is 2.53. The third-order valence-corrected chi connectivity index (χ3v) is 3.27. The van der Waals surface area contributed by atoms with Crippen molar-refractivity contribution in [3.05, 3.63) is 47.2 Å². The Morgan fingerprint density at radius 3 is 2.45 bits per heavy atom. The van der Waals surface area contributed by atoms with Gasteiger partial charge in [0, 0.05) is 25.4 Å². The number of benzene rings is 1. The van der Waals surface area contributed by atoms with Crippen LogP contribution in [0, 0.1) is 6.92 Å². The molecule has 1 aromatic carbocycles. The number of aromatic nitrogens is 2. The maximum atomic E-state index is 5.66. The van der Waals surface area contributed by atoms with E-state index < -0.39 is 0 Å². The fraction of sp³-hybridized carbons (Fsp3) is 0.500. The van der Waals surface area contributed by atoms with E-state index in [1.54, 1.807) is 0 Å². The first-order chi connectivity index (χ1) is 9.65. The van der Waals surface area contributed by atoms with Crippen LogP contribution in [0.4, 0.5) is 0 Å². The molecule has 0 amide bonds. The van der Waals surface area contributed by atoms with E-state index in [1.165, 1.54) is 11.1 Å². The second-order valence-corrected chi connectivity index (χ2v) is 5.37. The Labute approximate surface area is 120 Å². The number of hydrogen-bond donors (Lipinski definition) is 1. The number of hydrogen-bond acceptors (Lipinski definition) is 4. The number of nitrogens with one attached hydrogen (secondary N) is 1. The summed E-state index contributed by atoms with van der Waals surface area (Å²) in [4.78, 5) is 0. The Kier molecular flexibility index (Phi) is 5.30. The molecule has 0 fully saturated rings. The van der Waals surface area contributed by atoms with Gasteiger partial charge in [-0.3, -0.25) is 0 Å².